The third-order valence-electron chi connectivity index (χ3n) is 1.95. The van der Waals surface area contributed by atoms with Crippen LogP contribution >= 0.6 is 0 Å². The zero-order valence-electron chi connectivity index (χ0n) is 6.35. The second kappa shape index (κ2) is 2.77. The lowest BCUT2D eigenvalue weighted by Gasteiger charge is -2.20. The smallest absolute Gasteiger partial charge is 0.222 e. The van der Waals surface area contributed by atoms with Gasteiger partial charge in [0.25, 0.3) is 0 Å². The molecule has 0 bridgehead atoms. The Hall–Kier alpha value is -0.470. The van der Waals surface area contributed by atoms with Crippen molar-refractivity contribution in [2.45, 2.75) is 17.6 Å². The first-order valence-electron chi connectivity index (χ1n) is 3.30. The van der Waals surface area contributed by atoms with Crippen molar-refractivity contribution in [3.63, 3.8) is 0 Å². The Morgan fingerprint density at radius 1 is 1.14 bits per heavy atom. The quantitative estimate of drug-likeness (QED) is 0.653. The lowest BCUT2D eigenvalue weighted by atomic mass is 10.1. The van der Waals surface area contributed by atoms with Gasteiger partial charge in [-0.25, -0.2) is 17.2 Å². The van der Waals surface area contributed by atoms with E-state index in [0.29, 0.717) is 0 Å². The highest BCUT2D eigenvalue weighted by atomic mass is 32.2. The summed E-state index contributed by atoms with van der Waals surface area (Å²) in [7, 11) is -5.49. The zero-order valence-corrected chi connectivity index (χ0v) is 7.17. The molecule has 0 spiro atoms. The van der Waals surface area contributed by atoms with Gasteiger partial charge in [0.15, 0.2) is 0 Å². The molecule has 1 aliphatic heterocycles. The van der Waals surface area contributed by atoms with Crippen LogP contribution in [-0.4, -0.2) is 31.8 Å². The van der Waals surface area contributed by atoms with E-state index in [1.54, 1.807) is 0 Å². The minimum Gasteiger partial charge on any atom is -0.222 e. The lowest BCUT2D eigenvalue weighted by Crippen LogP contribution is -2.44. The molecular formula is C5H4F6O2S. The Labute approximate surface area is 74.8 Å². The van der Waals surface area contributed by atoms with Crippen molar-refractivity contribution in [2.24, 2.45) is 5.92 Å². The van der Waals surface area contributed by atoms with Crippen LogP contribution in [0.4, 0.5) is 26.3 Å². The van der Waals surface area contributed by atoms with Gasteiger partial charge in [-0.2, -0.15) is 17.6 Å². The van der Waals surface area contributed by atoms with Gasteiger partial charge in [0, 0.05) is 0 Å². The minimum atomic E-state index is -5.49. The maximum Gasteiger partial charge on any atom is 0.407 e. The molecule has 0 aliphatic carbocycles. The fourth-order valence-corrected chi connectivity index (χ4v) is 2.70. The highest BCUT2D eigenvalue weighted by Gasteiger charge is 2.76. The monoisotopic (exact) mass is 242 g/mol. The summed E-state index contributed by atoms with van der Waals surface area (Å²) < 4.78 is 94.5. The number of halogens is 6. The van der Waals surface area contributed by atoms with Crippen molar-refractivity contribution in [3.8, 4) is 0 Å². The maximum absolute atomic E-state index is 12.5. The van der Waals surface area contributed by atoms with Crippen LogP contribution in [0.25, 0.3) is 0 Å². The maximum atomic E-state index is 12.5. The fourth-order valence-electron chi connectivity index (χ4n) is 1.10. The Kier molecular flexibility index (Phi) is 2.29. The molecule has 1 saturated heterocycles. The highest BCUT2D eigenvalue weighted by Crippen LogP contribution is 2.52. The van der Waals surface area contributed by atoms with Gasteiger partial charge >= 0.3 is 11.2 Å². The molecule has 1 rings (SSSR count). The molecule has 1 aliphatic rings. The standard InChI is InChI=1S/C5H4F6O2S/c6-3(7)2-1-14(12,13)5(10,11)4(2,8)9/h2-3H,1H2. The van der Waals surface area contributed by atoms with Gasteiger partial charge in [-0.15, -0.1) is 0 Å². The molecule has 0 aromatic carbocycles. The third kappa shape index (κ3) is 1.21. The molecule has 1 unspecified atom stereocenters. The largest absolute Gasteiger partial charge is 0.407 e. The van der Waals surface area contributed by atoms with E-state index in [1.807, 2.05) is 0 Å². The number of alkyl halides is 6. The van der Waals surface area contributed by atoms with E-state index >= 15 is 0 Å². The van der Waals surface area contributed by atoms with Crippen molar-refractivity contribution in [1.29, 1.82) is 0 Å². The van der Waals surface area contributed by atoms with Gasteiger partial charge in [0.05, 0.1) is 5.75 Å². The topological polar surface area (TPSA) is 34.1 Å². The SMILES string of the molecule is O=S1(=O)CC(C(F)F)C(F)(F)C1(F)F. The van der Waals surface area contributed by atoms with Gasteiger partial charge in [0.2, 0.25) is 16.3 Å². The summed E-state index contributed by atoms with van der Waals surface area (Å²) in [5.74, 6) is -10.2. The van der Waals surface area contributed by atoms with Crippen molar-refractivity contribution in [1.82, 2.24) is 0 Å². The molecule has 0 aromatic rings. The molecular weight excluding hydrogens is 238 g/mol. The average Bonchev–Trinajstić information content (AvgIpc) is 2.08. The summed E-state index contributed by atoms with van der Waals surface area (Å²) in [6.45, 7) is 0. The van der Waals surface area contributed by atoms with Crippen molar-refractivity contribution in [3.05, 3.63) is 0 Å². The van der Waals surface area contributed by atoms with E-state index in [1.165, 1.54) is 0 Å². The highest BCUT2D eigenvalue weighted by molar-refractivity contribution is 7.92. The van der Waals surface area contributed by atoms with E-state index in [4.69, 9.17) is 0 Å². The summed E-state index contributed by atoms with van der Waals surface area (Å²) in [6, 6.07) is 0. The molecule has 0 radical (unpaired) electrons. The number of hydrogen-bond donors (Lipinski definition) is 0. The van der Waals surface area contributed by atoms with Crippen molar-refractivity contribution >= 4 is 9.84 Å². The van der Waals surface area contributed by atoms with Crippen LogP contribution in [0.1, 0.15) is 0 Å². The molecule has 1 heterocycles. The Morgan fingerprint density at radius 2 is 1.57 bits per heavy atom. The first-order valence-corrected chi connectivity index (χ1v) is 4.95. The van der Waals surface area contributed by atoms with Crippen LogP contribution in [0, 0.1) is 5.92 Å². The number of sulfone groups is 1. The Bertz CT molecular complexity index is 334. The van der Waals surface area contributed by atoms with Crippen molar-refractivity contribution < 1.29 is 34.8 Å². The molecule has 0 amide bonds. The second-order valence-electron chi connectivity index (χ2n) is 2.86. The van der Waals surface area contributed by atoms with Gasteiger partial charge in [0.1, 0.15) is 5.92 Å². The first-order chi connectivity index (χ1) is 6.04. The third-order valence-corrected chi connectivity index (χ3v) is 3.80. The summed E-state index contributed by atoms with van der Waals surface area (Å²) in [5, 5.41) is -5.40. The van der Waals surface area contributed by atoms with E-state index in [2.05, 4.69) is 0 Å². The Balaban J connectivity index is 3.26. The summed E-state index contributed by atoms with van der Waals surface area (Å²) in [5.41, 5.74) is 0. The van der Waals surface area contributed by atoms with Crippen LogP contribution in [-0.2, 0) is 9.84 Å². The minimum absolute atomic E-state index is 1.90. The molecule has 84 valence electrons. The fraction of sp³-hybridized carbons (Fsp3) is 1.00. The van der Waals surface area contributed by atoms with Crippen LogP contribution in [0.15, 0.2) is 0 Å². The van der Waals surface area contributed by atoms with E-state index in [-0.39, 0.29) is 0 Å². The number of hydrogen-bond acceptors (Lipinski definition) is 2. The van der Waals surface area contributed by atoms with E-state index in [9.17, 15) is 34.8 Å². The van der Waals surface area contributed by atoms with E-state index < -0.39 is 39.1 Å². The predicted octanol–water partition coefficient (Wildman–Crippen LogP) is 1.52. The second-order valence-corrected chi connectivity index (χ2v) is 4.94. The molecule has 0 saturated carbocycles. The molecule has 0 aromatic heterocycles. The molecule has 9 heteroatoms. The molecule has 0 N–H and O–H groups in total. The molecule has 14 heavy (non-hydrogen) atoms. The van der Waals surface area contributed by atoms with Crippen LogP contribution in [0.2, 0.25) is 0 Å². The van der Waals surface area contributed by atoms with Crippen LogP contribution < -0.4 is 0 Å². The van der Waals surface area contributed by atoms with Crippen LogP contribution in [0.3, 0.4) is 0 Å². The van der Waals surface area contributed by atoms with Crippen molar-refractivity contribution in [2.75, 3.05) is 5.75 Å². The van der Waals surface area contributed by atoms with Gasteiger partial charge in [-0.1, -0.05) is 0 Å². The summed E-state index contributed by atoms with van der Waals surface area (Å²) in [4.78, 5) is 0. The zero-order chi connectivity index (χ0) is 11.4. The normalized spacial score (nSPS) is 33.5. The molecule has 2 nitrogen and oxygen atoms in total. The van der Waals surface area contributed by atoms with Crippen LogP contribution in [0.5, 0.6) is 0 Å². The average molecular weight is 242 g/mol. The summed E-state index contributed by atoms with van der Waals surface area (Å²) >= 11 is 0. The van der Waals surface area contributed by atoms with Gasteiger partial charge < -0.3 is 0 Å². The lowest BCUT2D eigenvalue weighted by molar-refractivity contribution is -0.196. The molecule has 1 atom stereocenters. The first kappa shape index (κ1) is 11.6. The Morgan fingerprint density at radius 3 is 1.71 bits per heavy atom. The van der Waals surface area contributed by atoms with E-state index in [0.717, 1.165) is 0 Å². The van der Waals surface area contributed by atoms with Gasteiger partial charge in [-0.05, 0) is 0 Å². The molecule has 1 fully saturated rings. The predicted molar refractivity (Wildman–Crippen MR) is 33.2 cm³/mol. The summed E-state index contributed by atoms with van der Waals surface area (Å²) in [6.07, 6.45) is -3.80. The number of rotatable bonds is 1. The van der Waals surface area contributed by atoms with Gasteiger partial charge in [-0.3, -0.25) is 0 Å².